The Labute approximate surface area is 146 Å². The van der Waals surface area contributed by atoms with Crippen LogP contribution in [-0.2, 0) is 11.3 Å². The fourth-order valence-electron chi connectivity index (χ4n) is 3.57. The number of nitrogens with zero attached hydrogens (tertiary/aromatic N) is 1. The van der Waals surface area contributed by atoms with Crippen LogP contribution in [0.4, 0.5) is 4.79 Å². The van der Waals surface area contributed by atoms with Gasteiger partial charge in [0.2, 0.25) is 0 Å². The maximum Gasteiger partial charge on any atom is 0.317 e. The third-order valence-electron chi connectivity index (χ3n) is 4.94. The summed E-state index contributed by atoms with van der Waals surface area (Å²) in [5, 5.41) is 5.49. The average molecular weight is 342 g/mol. The SMILES string of the molecule is O=C(NCc1cccc2ccccc12)N1CCC2(CC1)OCCS2. The van der Waals surface area contributed by atoms with Gasteiger partial charge < -0.3 is 15.0 Å². The van der Waals surface area contributed by atoms with E-state index in [1.807, 2.05) is 34.9 Å². The number of hydrogen-bond acceptors (Lipinski definition) is 3. The lowest BCUT2D eigenvalue weighted by molar-refractivity contribution is 0.00942. The van der Waals surface area contributed by atoms with Crippen LogP contribution in [0.1, 0.15) is 18.4 Å². The summed E-state index contributed by atoms with van der Waals surface area (Å²) in [6, 6.07) is 14.5. The molecule has 0 saturated carbocycles. The van der Waals surface area contributed by atoms with Gasteiger partial charge in [0, 0.05) is 38.2 Å². The molecule has 1 N–H and O–H groups in total. The standard InChI is InChI=1S/C19H22N2O2S/c22-18(21-10-8-19(9-11-21)23-12-13-24-19)20-14-16-6-3-5-15-4-1-2-7-17(15)16/h1-7H,8-14H2,(H,20,22). The summed E-state index contributed by atoms with van der Waals surface area (Å²) < 4.78 is 5.89. The second-order valence-corrected chi connectivity index (χ2v) is 7.83. The first kappa shape index (κ1) is 15.8. The summed E-state index contributed by atoms with van der Waals surface area (Å²) in [6.45, 7) is 2.95. The number of urea groups is 1. The Bertz CT molecular complexity index is 728. The molecular formula is C19H22N2O2S. The van der Waals surface area contributed by atoms with Crippen LogP contribution in [-0.4, -0.2) is 41.3 Å². The lowest BCUT2D eigenvalue weighted by atomic mass is 10.0. The largest absolute Gasteiger partial charge is 0.363 e. The fourth-order valence-corrected chi connectivity index (χ4v) is 4.74. The Balaban J connectivity index is 1.36. The molecule has 5 heteroatoms. The number of rotatable bonds is 2. The summed E-state index contributed by atoms with van der Waals surface area (Å²) in [4.78, 5) is 14.4. The van der Waals surface area contributed by atoms with Crippen LogP contribution in [0.3, 0.4) is 0 Å². The van der Waals surface area contributed by atoms with Crippen LogP contribution in [0, 0.1) is 0 Å². The minimum atomic E-state index is -0.0214. The Morgan fingerprint density at radius 2 is 1.96 bits per heavy atom. The van der Waals surface area contributed by atoms with Crippen molar-refractivity contribution in [1.29, 1.82) is 0 Å². The van der Waals surface area contributed by atoms with Gasteiger partial charge in [0.05, 0.1) is 6.61 Å². The highest BCUT2D eigenvalue weighted by molar-refractivity contribution is 8.00. The third kappa shape index (κ3) is 3.10. The number of hydrogen-bond donors (Lipinski definition) is 1. The smallest absolute Gasteiger partial charge is 0.317 e. The molecule has 0 unspecified atom stereocenters. The number of carbonyl (C=O) groups is 1. The van der Waals surface area contributed by atoms with Crippen molar-refractivity contribution in [2.24, 2.45) is 0 Å². The van der Waals surface area contributed by atoms with Crippen LogP contribution in [0.2, 0.25) is 0 Å². The Morgan fingerprint density at radius 1 is 1.17 bits per heavy atom. The summed E-state index contributed by atoms with van der Waals surface area (Å²) in [5.41, 5.74) is 1.16. The molecule has 2 aromatic carbocycles. The molecule has 2 aliphatic rings. The predicted octanol–water partition coefficient (Wildman–Crippen LogP) is 3.60. The van der Waals surface area contributed by atoms with Gasteiger partial charge in [-0.15, -0.1) is 11.8 Å². The quantitative estimate of drug-likeness (QED) is 0.906. The van der Waals surface area contributed by atoms with E-state index < -0.39 is 0 Å². The van der Waals surface area contributed by atoms with E-state index in [0.717, 1.165) is 43.9 Å². The zero-order valence-electron chi connectivity index (χ0n) is 13.7. The third-order valence-corrected chi connectivity index (χ3v) is 6.36. The molecule has 0 bridgehead atoms. The second-order valence-electron chi connectivity index (χ2n) is 6.39. The monoisotopic (exact) mass is 342 g/mol. The fraction of sp³-hybridized carbons (Fsp3) is 0.421. The topological polar surface area (TPSA) is 41.6 Å². The first-order valence-corrected chi connectivity index (χ1v) is 9.52. The normalized spacial score (nSPS) is 19.8. The van der Waals surface area contributed by atoms with Gasteiger partial charge in [-0.05, 0) is 16.3 Å². The van der Waals surface area contributed by atoms with E-state index in [4.69, 9.17) is 4.74 Å². The summed E-state index contributed by atoms with van der Waals surface area (Å²) in [7, 11) is 0. The molecule has 4 nitrogen and oxygen atoms in total. The molecule has 2 aromatic rings. The van der Waals surface area contributed by atoms with Gasteiger partial charge in [-0.25, -0.2) is 4.79 Å². The molecule has 126 valence electrons. The summed E-state index contributed by atoms with van der Waals surface area (Å²) >= 11 is 1.91. The summed E-state index contributed by atoms with van der Waals surface area (Å²) in [5.74, 6) is 1.08. The number of thioether (sulfide) groups is 1. The molecule has 0 radical (unpaired) electrons. The van der Waals surface area contributed by atoms with Gasteiger partial charge in [0.25, 0.3) is 0 Å². The van der Waals surface area contributed by atoms with E-state index in [1.54, 1.807) is 0 Å². The Hall–Kier alpha value is -1.72. The lowest BCUT2D eigenvalue weighted by Crippen LogP contribution is -2.48. The average Bonchev–Trinajstić information content (AvgIpc) is 3.08. The van der Waals surface area contributed by atoms with E-state index in [-0.39, 0.29) is 11.0 Å². The number of likely N-dealkylation sites (tertiary alicyclic amines) is 1. The number of amides is 2. The molecule has 2 fully saturated rings. The van der Waals surface area contributed by atoms with E-state index in [0.29, 0.717) is 6.54 Å². The van der Waals surface area contributed by atoms with Crippen molar-refractivity contribution in [3.63, 3.8) is 0 Å². The zero-order valence-corrected chi connectivity index (χ0v) is 14.5. The van der Waals surface area contributed by atoms with Crippen LogP contribution >= 0.6 is 11.8 Å². The Morgan fingerprint density at radius 3 is 2.75 bits per heavy atom. The van der Waals surface area contributed by atoms with E-state index >= 15 is 0 Å². The predicted molar refractivity (Wildman–Crippen MR) is 98.1 cm³/mol. The van der Waals surface area contributed by atoms with Crippen molar-refractivity contribution in [3.8, 4) is 0 Å². The van der Waals surface area contributed by atoms with Crippen LogP contribution in [0.25, 0.3) is 10.8 Å². The van der Waals surface area contributed by atoms with Gasteiger partial charge in [-0.3, -0.25) is 0 Å². The van der Waals surface area contributed by atoms with Gasteiger partial charge in [-0.2, -0.15) is 0 Å². The number of nitrogens with one attached hydrogen (secondary N) is 1. The highest BCUT2D eigenvalue weighted by Gasteiger charge is 2.40. The van der Waals surface area contributed by atoms with Crippen molar-refractivity contribution in [1.82, 2.24) is 10.2 Å². The molecule has 0 aliphatic carbocycles. The van der Waals surface area contributed by atoms with Gasteiger partial charge >= 0.3 is 6.03 Å². The molecule has 2 amide bonds. The van der Waals surface area contributed by atoms with Gasteiger partial charge in [0.15, 0.2) is 0 Å². The van der Waals surface area contributed by atoms with Crippen molar-refractivity contribution in [3.05, 3.63) is 48.0 Å². The number of benzene rings is 2. The molecule has 2 heterocycles. The molecule has 2 aliphatic heterocycles. The molecule has 24 heavy (non-hydrogen) atoms. The molecular weight excluding hydrogens is 320 g/mol. The van der Waals surface area contributed by atoms with E-state index in [9.17, 15) is 4.79 Å². The number of ether oxygens (including phenoxy) is 1. The number of piperidine rings is 1. The molecule has 4 rings (SSSR count). The maximum atomic E-state index is 12.5. The van der Waals surface area contributed by atoms with Crippen LogP contribution < -0.4 is 5.32 Å². The summed E-state index contributed by atoms with van der Waals surface area (Å²) in [6.07, 6.45) is 1.86. The number of fused-ring (bicyclic) bond motifs is 1. The van der Waals surface area contributed by atoms with Crippen LogP contribution in [0.5, 0.6) is 0 Å². The van der Waals surface area contributed by atoms with Crippen molar-refractivity contribution in [2.75, 3.05) is 25.4 Å². The van der Waals surface area contributed by atoms with Crippen molar-refractivity contribution in [2.45, 2.75) is 24.3 Å². The molecule has 1 spiro atoms. The minimum absolute atomic E-state index is 0.0214. The molecule has 0 atom stereocenters. The first-order valence-electron chi connectivity index (χ1n) is 8.53. The first-order chi connectivity index (χ1) is 11.8. The van der Waals surface area contributed by atoms with Crippen molar-refractivity contribution >= 4 is 28.6 Å². The highest BCUT2D eigenvalue weighted by Crippen LogP contribution is 2.41. The van der Waals surface area contributed by atoms with Crippen molar-refractivity contribution < 1.29 is 9.53 Å². The minimum Gasteiger partial charge on any atom is -0.363 e. The van der Waals surface area contributed by atoms with E-state index in [2.05, 4.69) is 29.6 Å². The molecule has 0 aromatic heterocycles. The lowest BCUT2D eigenvalue weighted by Gasteiger charge is -2.37. The molecule has 2 saturated heterocycles. The van der Waals surface area contributed by atoms with E-state index in [1.165, 1.54) is 10.8 Å². The van der Waals surface area contributed by atoms with Gasteiger partial charge in [0.1, 0.15) is 4.93 Å². The zero-order chi connectivity index (χ0) is 16.4. The maximum absolute atomic E-state index is 12.5. The second kappa shape index (κ2) is 6.65. The highest BCUT2D eigenvalue weighted by atomic mass is 32.2. The van der Waals surface area contributed by atoms with Crippen LogP contribution in [0.15, 0.2) is 42.5 Å². The Kier molecular flexibility index (Phi) is 4.37. The number of carbonyl (C=O) groups excluding carboxylic acids is 1. The van der Waals surface area contributed by atoms with Gasteiger partial charge in [-0.1, -0.05) is 42.5 Å².